The Morgan fingerprint density at radius 2 is 1.47 bits per heavy atom. The van der Waals surface area contributed by atoms with Crippen molar-refractivity contribution < 1.29 is 33.1 Å². The maximum atomic E-state index is 15.2. The van der Waals surface area contributed by atoms with E-state index in [1.165, 1.54) is 17.0 Å². The van der Waals surface area contributed by atoms with Crippen molar-refractivity contribution in [2.45, 2.75) is 78.9 Å². The molecule has 2 aliphatic rings. The van der Waals surface area contributed by atoms with Crippen molar-refractivity contribution in [2.75, 3.05) is 51.1 Å². The van der Waals surface area contributed by atoms with Crippen LogP contribution < -0.4 is 10.9 Å². The summed E-state index contributed by atoms with van der Waals surface area (Å²) in [7, 11) is 0. The Bertz CT molecular complexity index is 3060. The Balaban J connectivity index is 0.887. The molecule has 2 fully saturated rings. The van der Waals surface area contributed by atoms with E-state index in [2.05, 4.69) is 27.4 Å². The van der Waals surface area contributed by atoms with E-state index < -0.39 is 29.3 Å². The fourth-order valence-corrected chi connectivity index (χ4v) is 9.31. The summed E-state index contributed by atoms with van der Waals surface area (Å²) >= 11 is 0. The first-order valence-electron chi connectivity index (χ1n) is 24.6. The predicted molar refractivity (Wildman–Crippen MR) is 273 cm³/mol. The van der Waals surface area contributed by atoms with Gasteiger partial charge >= 0.3 is 6.09 Å². The summed E-state index contributed by atoms with van der Waals surface area (Å²) in [4.78, 5) is 92.4. The minimum Gasteiger partial charge on any atom is -0.444 e. The molecule has 2 N–H and O–H groups in total. The Hall–Kier alpha value is -7.75. The number of fused-ring (bicyclic) bond motifs is 1. The molecule has 374 valence electrons. The van der Waals surface area contributed by atoms with Crippen LogP contribution in [0.4, 0.5) is 14.9 Å². The number of carbonyl (C=O) groups is 5. The van der Waals surface area contributed by atoms with Gasteiger partial charge in [0.1, 0.15) is 18.0 Å². The van der Waals surface area contributed by atoms with Crippen molar-refractivity contribution in [3.05, 3.63) is 159 Å². The van der Waals surface area contributed by atoms with Crippen LogP contribution in [0.5, 0.6) is 0 Å². The van der Waals surface area contributed by atoms with Crippen LogP contribution in [-0.4, -0.2) is 116 Å². The van der Waals surface area contributed by atoms with Crippen LogP contribution in [-0.2, 0) is 33.7 Å². The van der Waals surface area contributed by atoms with Crippen LogP contribution >= 0.6 is 0 Å². The molecule has 4 heterocycles. The van der Waals surface area contributed by atoms with Crippen molar-refractivity contribution in [1.82, 2.24) is 34.8 Å². The van der Waals surface area contributed by atoms with E-state index in [9.17, 15) is 28.8 Å². The highest BCUT2D eigenvalue weighted by atomic mass is 19.1. The van der Waals surface area contributed by atoms with Crippen LogP contribution in [0, 0.1) is 18.7 Å². The van der Waals surface area contributed by atoms with E-state index in [0.29, 0.717) is 66.6 Å². The average molecular weight is 977 g/mol. The summed E-state index contributed by atoms with van der Waals surface area (Å²) in [5, 5.41) is 10.8. The van der Waals surface area contributed by atoms with Crippen molar-refractivity contribution in [2.24, 2.45) is 5.92 Å². The zero-order chi connectivity index (χ0) is 51.1. The number of halogens is 1. The molecule has 0 saturated carbocycles. The number of nitrogens with one attached hydrogen (secondary N) is 2. The molecule has 2 aliphatic heterocycles. The molecule has 0 unspecified atom stereocenters. The Morgan fingerprint density at radius 1 is 0.778 bits per heavy atom. The number of aromatic amines is 1. The average Bonchev–Trinajstić information content (AvgIpc) is 3.37. The molecule has 16 heteroatoms. The molecule has 0 aliphatic carbocycles. The minimum absolute atomic E-state index is 0.0136. The van der Waals surface area contributed by atoms with E-state index >= 15 is 4.39 Å². The SMILES string of the molecule is CCc1cccc(-c2cnc(C(=O)N3CCC(CC(=O)N4CCN(C(=O)c5cc(Cc6n[nH]c(=O)c7ccccc67)ccc5F)CC4)CC3)c(NC(=O)CN(Cc3cccc(C)c3)C(=O)OC(C)(C)C)c2)c1. The summed E-state index contributed by atoms with van der Waals surface area (Å²) in [5.74, 6) is -2.03. The molecule has 0 spiro atoms. The van der Waals surface area contributed by atoms with Crippen molar-refractivity contribution in [3.8, 4) is 11.1 Å². The van der Waals surface area contributed by atoms with Gasteiger partial charge in [0.25, 0.3) is 17.4 Å². The third kappa shape index (κ3) is 12.4. The van der Waals surface area contributed by atoms with Gasteiger partial charge in [-0.05, 0) is 99.4 Å². The number of carbonyl (C=O) groups excluding carboxylic acids is 5. The van der Waals surface area contributed by atoms with Gasteiger partial charge in [0.15, 0.2) is 5.69 Å². The van der Waals surface area contributed by atoms with Gasteiger partial charge in [0, 0.05) is 75.8 Å². The Morgan fingerprint density at radius 3 is 2.19 bits per heavy atom. The van der Waals surface area contributed by atoms with E-state index in [1.807, 2.05) is 61.5 Å². The molecular formula is C56H61FN8O7. The van der Waals surface area contributed by atoms with E-state index in [-0.39, 0.29) is 79.3 Å². The smallest absolute Gasteiger partial charge is 0.411 e. The summed E-state index contributed by atoms with van der Waals surface area (Å²) in [6.07, 6.45) is 3.50. The molecule has 4 aromatic carbocycles. The number of nitrogens with zero attached hydrogens (tertiary/aromatic N) is 6. The maximum absolute atomic E-state index is 15.2. The summed E-state index contributed by atoms with van der Waals surface area (Å²) in [5.41, 5.74) is 4.89. The summed E-state index contributed by atoms with van der Waals surface area (Å²) in [6, 6.07) is 28.9. The molecule has 5 amide bonds. The molecule has 0 radical (unpaired) electrons. The third-order valence-electron chi connectivity index (χ3n) is 13.2. The number of piperazine rings is 1. The molecule has 8 rings (SSSR count). The number of benzene rings is 4. The lowest BCUT2D eigenvalue weighted by molar-refractivity contribution is -0.134. The lowest BCUT2D eigenvalue weighted by atomic mass is 9.92. The highest BCUT2D eigenvalue weighted by Crippen LogP contribution is 2.29. The van der Waals surface area contributed by atoms with Gasteiger partial charge < -0.3 is 24.8 Å². The van der Waals surface area contributed by atoms with Crippen LogP contribution in [0.1, 0.15) is 95.8 Å². The molecule has 0 bridgehead atoms. The van der Waals surface area contributed by atoms with Gasteiger partial charge in [-0.25, -0.2) is 19.3 Å². The standard InChI is InChI=1S/C56H61FN8O7/c1-6-37-12-10-14-41(28-37)42-32-48(59-49(66)35-65(55(71)72-56(3,4)5)34-40-13-9-11-36(2)27-40)51(58-33-42)54(70)63-21-19-38(20-22-63)31-50(67)62-23-25-64(26-24-62)53(69)45-29-39(17-18-46(45)57)30-47-43-15-7-8-16-44(43)52(68)61-60-47/h7-18,27-29,32-33,38H,6,19-26,30-31,34-35H2,1-5H3,(H,59,66)(H,61,68). The second-order valence-electron chi connectivity index (χ2n) is 19.7. The quantitative estimate of drug-likeness (QED) is 0.116. The highest BCUT2D eigenvalue weighted by molar-refractivity contribution is 6.04. The number of rotatable bonds is 13. The lowest BCUT2D eigenvalue weighted by Gasteiger charge is -2.37. The second kappa shape index (κ2) is 22.1. The van der Waals surface area contributed by atoms with Gasteiger partial charge in [0.2, 0.25) is 11.8 Å². The van der Waals surface area contributed by atoms with Gasteiger partial charge in [-0.1, -0.05) is 85.3 Å². The number of aryl methyl sites for hydroxylation is 2. The van der Waals surface area contributed by atoms with Crippen LogP contribution in [0.3, 0.4) is 0 Å². The number of likely N-dealkylation sites (tertiary alicyclic amines) is 1. The number of anilines is 1. The van der Waals surface area contributed by atoms with Gasteiger partial charge in [0.05, 0.1) is 22.3 Å². The van der Waals surface area contributed by atoms with Crippen LogP contribution in [0.15, 0.2) is 108 Å². The number of H-pyrrole nitrogens is 1. The number of hydrogen-bond acceptors (Lipinski definition) is 9. The van der Waals surface area contributed by atoms with Crippen molar-refractivity contribution >= 4 is 46.2 Å². The highest BCUT2D eigenvalue weighted by Gasteiger charge is 2.32. The van der Waals surface area contributed by atoms with Gasteiger partial charge in [-0.15, -0.1) is 0 Å². The van der Waals surface area contributed by atoms with E-state index in [0.717, 1.165) is 28.7 Å². The maximum Gasteiger partial charge on any atom is 0.411 e. The third-order valence-corrected chi connectivity index (χ3v) is 13.2. The van der Waals surface area contributed by atoms with Crippen LogP contribution in [0.25, 0.3) is 21.9 Å². The van der Waals surface area contributed by atoms with E-state index in [4.69, 9.17) is 4.74 Å². The Labute approximate surface area is 418 Å². The monoisotopic (exact) mass is 976 g/mol. The lowest BCUT2D eigenvalue weighted by Crippen LogP contribution is -2.51. The fourth-order valence-electron chi connectivity index (χ4n) is 9.31. The minimum atomic E-state index is -0.801. The second-order valence-corrected chi connectivity index (χ2v) is 19.7. The van der Waals surface area contributed by atoms with Crippen LogP contribution in [0.2, 0.25) is 0 Å². The van der Waals surface area contributed by atoms with E-state index in [1.54, 1.807) is 72.0 Å². The number of piperidine rings is 1. The molecule has 0 atom stereocenters. The largest absolute Gasteiger partial charge is 0.444 e. The first kappa shape index (κ1) is 50.6. The molecule has 15 nitrogen and oxygen atoms in total. The molecular weight excluding hydrogens is 916 g/mol. The number of amides is 5. The van der Waals surface area contributed by atoms with Gasteiger partial charge in [-0.3, -0.25) is 28.9 Å². The zero-order valence-corrected chi connectivity index (χ0v) is 41.5. The predicted octanol–water partition coefficient (Wildman–Crippen LogP) is 8.19. The summed E-state index contributed by atoms with van der Waals surface area (Å²) in [6.45, 7) is 10.9. The zero-order valence-electron chi connectivity index (χ0n) is 41.5. The number of pyridine rings is 1. The first-order valence-corrected chi connectivity index (χ1v) is 24.6. The van der Waals surface area contributed by atoms with Crippen molar-refractivity contribution in [1.29, 1.82) is 0 Å². The first-order chi connectivity index (χ1) is 34.5. The number of ether oxygens (including phenoxy) is 1. The molecule has 6 aromatic rings. The normalized spacial score (nSPS) is 14.3. The number of hydrogen-bond donors (Lipinski definition) is 2. The molecule has 72 heavy (non-hydrogen) atoms. The topological polar surface area (TPSA) is 178 Å². The molecule has 2 saturated heterocycles. The fraction of sp³-hybridized carbons (Fsp3) is 0.357. The van der Waals surface area contributed by atoms with Crippen molar-refractivity contribution in [3.63, 3.8) is 0 Å². The summed E-state index contributed by atoms with van der Waals surface area (Å²) < 4.78 is 20.9. The van der Waals surface area contributed by atoms with Gasteiger partial charge in [-0.2, -0.15) is 5.10 Å². The molecule has 2 aromatic heterocycles. The Kier molecular flexibility index (Phi) is 15.6. The number of aromatic nitrogens is 3.